The minimum Gasteiger partial charge on any atom is -0.412 e. The highest BCUT2D eigenvalue weighted by Gasteiger charge is 2.41. The van der Waals surface area contributed by atoms with E-state index in [1.165, 1.54) is 321 Å². The van der Waals surface area contributed by atoms with Crippen molar-refractivity contribution >= 4 is 0 Å². The molecule has 4 heteroatoms. The topological polar surface area (TPSA) is 63.0 Å². The third kappa shape index (κ3) is 36.2. The fourth-order valence-corrected chi connectivity index (χ4v) is 30.0. The summed E-state index contributed by atoms with van der Waals surface area (Å²) in [5.41, 5.74) is 0. The van der Waals surface area contributed by atoms with Gasteiger partial charge in [-0.3, -0.25) is 0 Å². The third-order valence-corrected chi connectivity index (χ3v) is 39.3. The zero-order valence-corrected chi connectivity index (χ0v) is 83.2. The van der Waals surface area contributed by atoms with Gasteiger partial charge in [-0.2, -0.15) is 0 Å². The van der Waals surface area contributed by atoms with E-state index >= 15 is 0 Å². The van der Waals surface area contributed by atoms with Crippen molar-refractivity contribution in [3.63, 3.8) is 0 Å². The van der Waals surface area contributed by atoms with Gasteiger partial charge in [-0.25, -0.2) is 8.78 Å². The maximum atomic E-state index is 13.6. The Bertz CT molecular complexity index is 2790. The molecule has 3 atom stereocenters. The van der Waals surface area contributed by atoms with Crippen molar-refractivity contribution in [2.45, 2.75) is 472 Å². The highest BCUT2D eigenvalue weighted by molar-refractivity contribution is 4.99. The van der Waals surface area contributed by atoms with Gasteiger partial charge in [-0.15, -0.1) is 32.9 Å². The average molecular weight is 1750 g/mol. The van der Waals surface area contributed by atoms with E-state index in [9.17, 15) is 8.78 Å². The summed E-state index contributed by atoms with van der Waals surface area (Å²) in [6, 6.07) is 0. The monoisotopic (exact) mass is 1750 g/mol. The Morgan fingerprint density at radius 2 is 0.290 bits per heavy atom. The molecular weight excluding hydrogens is 1510 g/mol. The highest BCUT2D eigenvalue weighted by Crippen LogP contribution is 2.52. The van der Waals surface area contributed by atoms with E-state index in [0.29, 0.717) is 24.7 Å². The lowest BCUT2D eigenvalue weighted by Crippen LogP contribution is -2.34. The summed E-state index contributed by atoms with van der Waals surface area (Å²) in [6.45, 7) is 38.4. The summed E-state index contributed by atoms with van der Waals surface area (Å²) in [7, 11) is 0. The number of allylic oxidation sites excluding steroid dienone is 11. The van der Waals surface area contributed by atoms with Crippen LogP contribution in [0, 0.1) is 183 Å². The maximum absolute atomic E-state index is 13.6. The van der Waals surface area contributed by atoms with Crippen LogP contribution in [0.3, 0.4) is 0 Å². The van der Waals surface area contributed by atoms with Gasteiger partial charge in [0.15, 0.2) is 0 Å². The van der Waals surface area contributed by atoms with Crippen molar-refractivity contribution in [3.8, 4) is 0 Å². The van der Waals surface area contributed by atoms with Gasteiger partial charge in [0.2, 0.25) is 0 Å². The Hall–Kier alpha value is -2.30. The van der Waals surface area contributed by atoms with Gasteiger partial charge in [0, 0.05) is 20.0 Å². The minimum atomic E-state index is -1.19. The van der Waals surface area contributed by atoms with Crippen LogP contribution in [0.4, 0.5) is 8.78 Å². The van der Waals surface area contributed by atoms with Crippen LogP contribution in [0.15, 0.2) is 99.7 Å². The minimum absolute atomic E-state index is 0. The van der Waals surface area contributed by atoms with Crippen molar-refractivity contribution < 1.29 is 39.7 Å². The molecular formula is C120H236F2O2. The lowest BCUT2D eigenvalue weighted by atomic mass is 9.65. The molecule has 3 unspecified atom stereocenters. The van der Waals surface area contributed by atoms with E-state index < -0.39 is 12.3 Å². The van der Waals surface area contributed by atoms with Crippen molar-refractivity contribution in [3.05, 3.63) is 99.7 Å². The molecule has 742 valence electrons. The number of hydrogen-bond acceptors (Lipinski definition) is 0. The van der Waals surface area contributed by atoms with Gasteiger partial charge < -0.3 is 11.0 Å². The molecule has 16 saturated carbocycles. The Labute approximate surface area is 791 Å². The molecule has 16 rings (SSSR count). The second-order valence-electron chi connectivity index (χ2n) is 47.2. The molecule has 0 saturated heterocycles. The second kappa shape index (κ2) is 59.4. The first kappa shape index (κ1) is 107. The summed E-state index contributed by atoms with van der Waals surface area (Å²) < 4.78 is 26.9. The average Bonchev–Trinajstić information content (AvgIpc) is 0.837. The standard InChI is InChI=1S/C21H36.C20H32F2.C18H30.C16H28.C16H26.C15H26.C14H26.2H2O.14H2/c1-3-17-6-10-19(11-7-17)21-14-12-20(13-15-21)18-8-4-16(2)5-9-18;1-2-14-3-5-15(6-4-14)16-7-9-17(10-8-16)18-11-12-19(21)20(22)13-18;1-3-5-15-7-11-17(12-8-15)18-13-9-16(6-4-2)10-14-18;1-3-4-14-7-11-16(12-8-14)15-9-5-13(2)6-10-15;1-3-13-5-9-15(10-6-13)16-11-7-14(4-2)8-12-16;1-3-13-6-10-15(11-7-13)14-8-4-12(2)5-9-14;1-11-3-7-13(8-4-11)14-9-5-12(2)6-10-14;;;;;;;;;;;;;;;;/h3,16-21H,1,4-15H2,2H3;2,14-20H,1,3-13H2;3-6,15-18H,7-14H2,1-2H3;3-4,13-16H,5-12H2,1-2H3;3-4,13-16H,1-2,5-12H2;3,12-15H,1,4-11H2,2H3;11-14H,3-10H2,1-2H3;2*1H2;14*1H/b;;5-3+,6-4+;4-3+;;;;;;;;;;;;;;;;;;;. The van der Waals surface area contributed by atoms with Crippen LogP contribution in [0.2, 0.25) is 0 Å². The van der Waals surface area contributed by atoms with E-state index in [1.54, 1.807) is 64.2 Å². The van der Waals surface area contributed by atoms with Crippen LogP contribution >= 0.6 is 0 Å². The van der Waals surface area contributed by atoms with Crippen LogP contribution in [0.25, 0.3) is 0 Å². The molecule has 0 spiro atoms. The van der Waals surface area contributed by atoms with Gasteiger partial charge in [0.05, 0.1) is 0 Å². The predicted molar refractivity (Wildman–Crippen MR) is 569 cm³/mol. The van der Waals surface area contributed by atoms with E-state index in [0.717, 1.165) is 178 Å². The molecule has 2 nitrogen and oxygen atoms in total. The quantitative estimate of drug-likeness (QED) is 0.130. The molecule has 0 aromatic heterocycles. The van der Waals surface area contributed by atoms with E-state index in [-0.39, 0.29) is 30.9 Å². The first-order chi connectivity index (χ1) is 59.4. The Morgan fingerprint density at radius 3 is 0.427 bits per heavy atom. The van der Waals surface area contributed by atoms with E-state index in [4.69, 9.17) is 0 Å². The van der Waals surface area contributed by atoms with Crippen molar-refractivity contribution in [2.24, 2.45) is 183 Å². The molecule has 0 aliphatic heterocycles. The maximum Gasteiger partial charge on any atom is 0.131 e. The van der Waals surface area contributed by atoms with Gasteiger partial charge in [0.1, 0.15) is 12.3 Å². The van der Waals surface area contributed by atoms with Crippen molar-refractivity contribution in [2.75, 3.05) is 0 Å². The molecule has 16 aliphatic rings. The number of halogens is 2. The zero-order valence-electron chi connectivity index (χ0n) is 83.2. The van der Waals surface area contributed by atoms with Crippen LogP contribution in [0.5, 0.6) is 0 Å². The Morgan fingerprint density at radius 1 is 0.169 bits per heavy atom. The van der Waals surface area contributed by atoms with E-state index in [1.807, 2.05) is 0 Å². The molecule has 0 aromatic carbocycles. The summed E-state index contributed by atoms with van der Waals surface area (Å²) in [4.78, 5) is 0. The smallest absolute Gasteiger partial charge is 0.131 e. The lowest BCUT2D eigenvalue weighted by Gasteiger charge is -2.41. The fraction of sp³-hybridized carbons (Fsp3) is 0.867. The molecule has 124 heavy (non-hydrogen) atoms. The first-order valence-corrected chi connectivity index (χ1v) is 55.7. The molecule has 16 aliphatic carbocycles. The fourth-order valence-electron chi connectivity index (χ4n) is 30.0. The largest absolute Gasteiger partial charge is 0.412 e. The lowest BCUT2D eigenvalue weighted by molar-refractivity contribution is 0.0479. The van der Waals surface area contributed by atoms with Gasteiger partial charge in [0.25, 0.3) is 0 Å². The molecule has 4 N–H and O–H groups in total. The van der Waals surface area contributed by atoms with Crippen LogP contribution in [-0.4, -0.2) is 23.3 Å². The van der Waals surface area contributed by atoms with Gasteiger partial charge in [-0.1, -0.05) is 166 Å². The van der Waals surface area contributed by atoms with Crippen molar-refractivity contribution in [1.82, 2.24) is 0 Å². The Kier molecular flexibility index (Phi) is 51.2. The second-order valence-corrected chi connectivity index (χ2v) is 47.2. The van der Waals surface area contributed by atoms with Gasteiger partial charge in [-0.05, 0) is 545 Å². The van der Waals surface area contributed by atoms with Crippen LogP contribution < -0.4 is 0 Å². The molecule has 16 fully saturated rings. The molecule has 0 bridgehead atoms. The zero-order chi connectivity index (χ0) is 86.4. The molecule has 0 heterocycles. The van der Waals surface area contributed by atoms with Crippen molar-refractivity contribution in [1.29, 1.82) is 0 Å². The normalized spacial score (nSPS) is 42.4. The third-order valence-electron chi connectivity index (χ3n) is 39.3. The predicted octanol–water partition coefficient (Wildman–Crippen LogP) is 40.0. The number of alkyl halides is 2. The van der Waals surface area contributed by atoms with Crippen LogP contribution in [-0.2, 0) is 0 Å². The van der Waals surface area contributed by atoms with Gasteiger partial charge >= 0.3 is 0 Å². The number of hydrogen-bond donors (Lipinski definition) is 0. The summed E-state index contributed by atoms with van der Waals surface area (Å²) in [6.07, 6.45) is 112. The van der Waals surface area contributed by atoms with Crippen LogP contribution in [0.1, 0.15) is 480 Å². The van der Waals surface area contributed by atoms with E-state index in [2.05, 4.69) is 155 Å². The SMILES string of the molecule is C/C=C/C1CCC(C2CCC(/C=C/C)CC2)CC1.C/C=C/C1CCC(C2CCC(C)CC2)CC1.C=CC1CCC(C2CCC(C)CC2)CC1.C=CC1CCC(C2CCC(C3CCC(C)CC3)CC2)CC1.C=CC1CCC(C2CCC(C3CCC(F)C(F)C3)CC2)CC1.C=CC1CCC(C2CCC(C=C)CC2)CC1.CC1CCC(C2CCC(C)CC2)CC1.O.O.[HH].[HH].[HH].[HH].[HH].[HH].[HH].[HH].[HH].[HH].[HH].[HH].[HH].[HH]. The summed E-state index contributed by atoms with van der Waals surface area (Å²) in [5, 5.41) is 0. The molecule has 0 aromatic rings. The number of rotatable bonds is 17. The molecule has 0 radical (unpaired) electrons. The first-order valence-electron chi connectivity index (χ1n) is 55.7. The molecule has 0 amide bonds. The summed E-state index contributed by atoms with van der Waals surface area (Å²) >= 11 is 0. The highest BCUT2D eigenvalue weighted by atomic mass is 19.2. The Balaban J connectivity index is -0.000000286. The summed E-state index contributed by atoms with van der Waals surface area (Å²) in [5.74, 6) is 29.8.